The standard InChI is InChI=1S/C44H58F2O7Si/c1-12-36(50-38(47)32-15-19-34(46)20-16-32)35-21-22-37-42(10,11)51-39(48)44(37)28-43(35,52-54(53-44,40(4,5)6)41(7,8)9)24-23-29(2)25-30(3)26-49-27-31-13-17-33(45)18-14-31/h1,13-20,25,30,35-37H,21-24,26-28H2,2-11H3/b29-25-/t30-,35-,36+,37-,43-,44+/m0/s1. The predicted octanol–water partition coefficient (Wildman–Crippen LogP) is 10.0. The molecule has 0 N–H and O–H groups in total. The molecule has 0 amide bonds. The third-order valence-electron chi connectivity index (χ3n) is 11.7. The van der Waals surface area contributed by atoms with Crippen LogP contribution in [-0.4, -0.2) is 50.0 Å². The van der Waals surface area contributed by atoms with Crippen LogP contribution in [-0.2, 0) is 34.5 Å². The summed E-state index contributed by atoms with van der Waals surface area (Å²) in [6.45, 7) is 21.6. The summed E-state index contributed by atoms with van der Waals surface area (Å²) in [5.41, 5.74) is -0.957. The molecule has 6 atom stereocenters. The fourth-order valence-electron chi connectivity index (χ4n) is 9.35. The van der Waals surface area contributed by atoms with E-state index in [1.54, 1.807) is 12.1 Å². The quantitative estimate of drug-likeness (QED) is 0.0976. The van der Waals surface area contributed by atoms with Gasteiger partial charge in [0.2, 0.25) is 0 Å². The predicted molar refractivity (Wildman–Crippen MR) is 206 cm³/mol. The van der Waals surface area contributed by atoms with Gasteiger partial charge in [0.05, 0.1) is 24.4 Å². The second-order valence-corrected chi connectivity index (χ2v) is 23.0. The molecule has 0 unspecified atom stereocenters. The van der Waals surface area contributed by atoms with Crippen LogP contribution >= 0.6 is 0 Å². The van der Waals surface area contributed by atoms with Crippen molar-refractivity contribution in [3.05, 3.63) is 82.9 Å². The Morgan fingerprint density at radius 1 is 1.00 bits per heavy atom. The van der Waals surface area contributed by atoms with Crippen molar-refractivity contribution >= 4 is 20.5 Å². The SMILES string of the molecule is C#C[C@@H](OC(=O)c1ccc(F)cc1)[C@@H]1CC[C@H]2C(C)(C)OC(=O)[C@@]23C[C@]1(CC/C(C)=C\[C@H](C)COCc1ccc(F)cc1)O[Si](C(C)(C)C)(C(C)(C)C)O3. The number of benzene rings is 2. The Bertz CT molecular complexity index is 1740. The Kier molecular flexibility index (Phi) is 11.8. The number of hydrogen-bond donors (Lipinski definition) is 0. The number of carbonyl (C=O) groups excluding carboxylic acids is 2. The number of carbonyl (C=O) groups is 2. The van der Waals surface area contributed by atoms with Gasteiger partial charge in [0.1, 0.15) is 17.2 Å². The van der Waals surface area contributed by atoms with Crippen molar-refractivity contribution in [2.45, 2.75) is 141 Å². The first-order chi connectivity index (χ1) is 25.1. The first-order valence-corrected chi connectivity index (χ1v) is 21.0. The van der Waals surface area contributed by atoms with Crippen molar-refractivity contribution in [1.29, 1.82) is 0 Å². The number of allylic oxidation sites excluding steroid dienone is 1. The average Bonchev–Trinajstić information content (AvgIpc) is 3.17. The van der Waals surface area contributed by atoms with E-state index >= 15 is 0 Å². The highest BCUT2D eigenvalue weighted by atomic mass is 28.4. The lowest BCUT2D eigenvalue weighted by atomic mass is 9.71. The van der Waals surface area contributed by atoms with Gasteiger partial charge in [0.25, 0.3) is 0 Å². The zero-order valence-corrected chi connectivity index (χ0v) is 34.6. The summed E-state index contributed by atoms with van der Waals surface area (Å²) in [4.78, 5) is 28.0. The molecule has 2 bridgehead atoms. The van der Waals surface area contributed by atoms with Gasteiger partial charge in [-0.1, -0.05) is 78.2 Å². The van der Waals surface area contributed by atoms with E-state index < -0.39 is 59.2 Å². The molecule has 7 nitrogen and oxygen atoms in total. The van der Waals surface area contributed by atoms with E-state index in [1.165, 1.54) is 36.4 Å². The van der Waals surface area contributed by atoms with E-state index in [9.17, 15) is 18.4 Å². The van der Waals surface area contributed by atoms with Gasteiger partial charge in [-0.05, 0) is 94.3 Å². The van der Waals surface area contributed by atoms with Crippen LogP contribution in [0.2, 0.25) is 10.1 Å². The monoisotopic (exact) mass is 764 g/mol. The van der Waals surface area contributed by atoms with Crippen molar-refractivity contribution in [3.8, 4) is 12.3 Å². The topological polar surface area (TPSA) is 80.3 Å². The van der Waals surface area contributed by atoms with Crippen molar-refractivity contribution in [2.24, 2.45) is 17.8 Å². The van der Waals surface area contributed by atoms with E-state index in [-0.39, 0.29) is 35.6 Å². The maximum Gasteiger partial charge on any atom is 0.350 e. The number of fused-ring (bicyclic) bond motifs is 1. The molecule has 3 fully saturated rings. The zero-order valence-electron chi connectivity index (χ0n) is 33.6. The molecular formula is C44H58F2O7Si. The van der Waals surface area contributed by atoms with E-state index in [4.69, 9.17) is 29.5 Å². The normalized spacial score (nSPS) is 27.5. The molecule has 1 aliphatic carbocycles. The summed E-state index contributed by atoms with van der Waals surface area (Å²) in [6.07, 6.45) is 9.80. The first-order valence-electron chi connectivity index (χ1n) is 19.1. The molecule has 2 aliphatic heterocycles. The second-order valence-electron chi connectivity index (χ2n) is 18.3. The molecule has 54 heavy (non-hydrogen) atoms. The molecule has 294 valence electrons. The molecule has 0 radical (unpaired) electrons. The largest absolute Gasteiger partial charge is 0.457 e. The molecule has 1 spiro atoms. The smallest absolute Gasteiger partial charge is 0.350 e. The van der Waals surface area contributed by atoms with Crippen molar-refractivity contribution < 1.29 is 41.4 Å². The molecule has 2 aromatic carbocycles. The first kappa shape index (κ1) is 41.8. The Morgan fingerprint density at radius 2 is 1.59 bits per heavy atom. The highest BCUT2D eigenvalue weighted by Crippen LogP contribution is 2.66. The average molecular weight is 765 g/mol. The molecular weight excluding hydrogens is 707 g/mol. The molecule has 3 aliphatic rings. The summed E-state index contributed by atoms with van der Waals surface area (Å²) in [5.74, 6) is 0.310. The lowest BCUT2D eigenvalue weighted by Crippen LogP contribution is -2.73. The van der Waals surface area contributed by atoms with Crippen LogP contribution in [0.15, 0.2) is 60.2 Å². The van der Waals surface area contributed by atoms with Gasteiger partial charge in [-0.15, -0.1) is 6.42 Å². The van der Waals surface area contributed by atoms with Crippen LogP contribution in [0.1, 0.15) is 117 Å². The number of halogens is 2. The van der Waals surface area contributed by atoms with Crippen molar-refractivity contribution in [1.82, 2.24) is 0 Å². The Labute approximate surface area is 321 Å². The van der Waals surface area contributed by atoms with E-state index in [0.29, 0.717) is 38.9 Å². The third-order valence-corrected chi connectivity index (χ3v) is 17.0. The number of ether oxygens (including phenoxy) is 3. The zero-order chi connectivity index (χ0) is 39.9. The minimum Gasteiger partial charge on any atom is -0.457 e. The fraction of sp³-hybridized carbons (Fsp3) is 0.591. The van der Waals surface area contributed by atoms with Crippen molar-refractivity contribution in [3.63, 3.8) is 0 Å². The van der Waals surface area contributed by atoms with Gasteiger partial charge in [0, 0.05) is 28.3 Å². The highest BCUT2D eigenvalue weighted by molar-refractivity contribution is 6.74. The Morgan fingerprint density at radius 3 is 2.17 bits per heavy atom. The minimum atomic E-state index is -3.47. The van der Waals surface area contributed by atoms with E-state index in [1.807, 2.05) is 13.8 Å². The molecule has 1 saturated carbocycles. The van der Waals surface area contributed by atoms with Gasteiger partial charge in [0.15, 0.2) is 11.7 Å². The van der Waals surface area contributed by atoms with Crippen LogP contribution in [0.4, 0.5) is 8.78 Å². The summed E-state index contributed by atoms with van der Waals surface area (Å²) in [5, 5.41) is -1.01. The lowest BCUT2D eigenvalue weighted by molar-refractivity contribution is -0.187. The summed E-state index contributed by atoms with van der Waals surface area (Å²) >= 11 is 0. The van der Waals surface area contributed by atoms with Crippen LogP contribution in [0, 0.1) is 41.7 Å². The van der Waals surface area contributed by atoms with Gasteiger partial charge in [-0.25, -0.2) is 18.4 Å². The number of hydrogen-bond acceptors (Lipinski definition) is 7. The van der Waals surface area contributed by atoms with E-state index in [0.717, 1.165) is 11.1 Å². The van der Waals surface area contributed by atoms with Crippen LogP contribution in [0.3, 0.4) is 0 Å². The highest BCUT2D eigenvalue weighted by Gasteiger charge is 2.77. The number of cyclic esters (lactones) is 1. The summed E-state index contributed by atoms with van der Waals surface area (Å²) < 4.78 is 60.6. The fourth-order valence-corrected chi connectivity index (χ4v) is 14.6. The van der Waals surface area contributed by atoms with Crippen LogP contribution in [0.25, 0.3) is 0 Å². The van der Waals surface area contributed by atoms with Crippen molar-refractivity contribution in [2.75, 3.05) is 6.61 Å². The minimum absolute atomic E-state index is 0.0811. The van der Waals surface area contributed by atoms with Gasteiger partial charge < -0.3 is 23.1 Å². The Hall–Kier alpha value is -3.36. The number of rotatable bonds is 11. The molecule has 2 aromatic rings. The van der Waals surface area contributed by atoms with Crippen LogP contribution in [0.5, 0.6) is 0 Å². The van der Waals surface area contributed by atoms with Crippen LogP contribution < -0.4 is 0 Å². The molecule has 2 heterocycles. The third kappa shape index (κ3) is 8.11. The second kappa shape index (κ2) is 15.3. The number of esters is 2. The van der Waals surface area contributed by atoms with E-state index in [2.05, 4.69) is 67.4 Å². The Balaban J connectivity index is 1.55. The maximum absolute atomic E-state index is 14.5. The maximum atomic E-state index is 14.5. The molecule has 10 heteroatoms. The summed E-state index contributed by atoms with van der Waals surface area (Å²) in [7, 11) is -3.47. The number of terminal acetylenes is 1. The summed E-state index contributed by atoms with van der Waals surface area (Å²) in [6, 6.07) is 11.5. The molecule has 5 rings (SSSR count). The van der Waals surface area contributed by atoms with Gasteiger partial charge in [-0.3, -0.25) is 0 Å². The van der Waals surface area contributed by atoms with Gasteiger partial charge in [-0.2, -0.15) is 0 Å². The molecule has 2 saturated heterocycles. The lowest BCUT2D eigenvalue weighted by Gasteiger charge is -2.62. The molecule has 0 aromatic heterocycles. The van der Waals surface area contributed by atoms with Gasteiger partial charge >= 0.3 is 20.5 Å².